The molecule has 1 aliphatic heterocycles. The normalized spacial score (nSPS) is 14.2. The van der Waals surface area contributed by atoms with Crippen LogP contribution in [0.1, 0.15) is 11.1 Å². The molecule has 1 heterocycles. The molecule has 1 saturated heterocycles. The van der Waals surface area contributed by atoms with Gasteiger partial charge in [0.1, 0.15) is 18.2 Å². The third-order valence-electron chi connectivity index (χ3n) is 4.55. The minimum absolute atomic E-state index is 0.0754. The van der Waals surface area contributed by atoms with E-state index in [1.54, 1.807) is 36.3 Å². The Hall–Kier alpha value is -2.34. The molecule has 0 aliphatic carbocycles. The summed E-state index contributed by atoms with van der Waals surface area (Å²) in [7, 11) is 1.55. The summed E-state index contributed by atoms with van der Waals surface area (Å²) >= 11 is 6.96. The van der Waals surface area contributed by atoms with Crippen LogP contribution in [0.4, 0.5) is 0 Å². The molecule has 8 heteroatoms. The number of hydrogen-bond acceptors (Lipinski definition) is 5. The van der Waals surface area contributed by atoms with Crippen LogP contribution in [0.3, 0.4) is 0 Å². The smallest absolute Gasteiger partial charge is 0.264 e. The minimum atomic E-state index is -0.291. The summed E-state index contributed by atoms with van der Waals surface area (Å²) in [6, 6.07) is 13.2. The third-order valence-corrected chi connectivity index (χ3v) is 5.78. The highest BCUT2D eigenvalue weighted by atomic mass is 79.9. The van der Waals surface area contributed by atoms with Gasteiger partial charge in [0.05, 0.1) is 20.3 Å². The molecule has 0 atom stereocenters. The van der Waals surface area contributed by atoms with E-state index in [1.807, 2.05) is 24.3 Å². The lowest BCUT2D eigenvalue weighted by atomic mass is 10.1. The molecule has 2 aromatic carbocycles. The standard InChI is InChI=1S/C22H20Br2N2O4/c1-28-21-11-15(10-17(13-25)22(27)26-6-8-29-9-7-26)2-5-20(21)30-14-16-3-4-18(23)12-19(16)24/h2-5,10-12H,6-9,14H2,1H3/b17-10+. The van der Waals surface area contributed by atoms with Crippen LogP contribution in [-0.4, -0.2) is 44.2 Å². The van der Waals surface area contributed by atoms with Gasteiger partial charge in [0.15, 0.2) is 11.5 Å². The zero-order valence-corrected chi connectivity index (χ0v) is 19.5. The first-order valence-corrected chi connectivity index (χ1v) is 10.8. The molecule has 0 aromatic heterocycles. The van der Waals surface area contributed by atoms with Gasteiger partial charge in [-0.2, -0.15) is 5.26 Å². The lowest BCUT2D eigenvalue weighted by Gasteiger charge is -2.26. The Kier molecular flexibility index (Phi) is 7.91. The Morgan fingerprint density at radius 1 is 1.20 bits per heavy atom. The number of methoxy groups -OCH3 is 1. The van der Waals surface area contributed by atoms with Crippen LogP contribution in [-0.2, 0) is 16.1 Å². The number of halogens is 2. The van der Waals surface area contributed by atoms with Gasteiger partial charge in [-0.25, -0.2) is 0 Å². The zero-order chi connectivity index (χ0) is 21.5. The number of amides is 1. The van der Waals surface area contributed by atoms with Gasteiger partial charge in [-0.1, -0.05) is 44.0 Å². The van der Waals surface area contributed by atoms with Crippen molar-refractivity contribution < 1.29 is 19.0 Å². The first-order chi connectivity index (χ1) is 14.5. The molecule has 0 N–H and O–H groups in total. The maximum Gasteiger partial charge on any atom is 0.264 e. The number of morpholine rings is 1. The van der Waals surface area contributed by atoms with Crippen molar-refractivity contribution in [3.8, 4) is 17.6 Å². The maximum absolute atomic E-state index is 12.6. The molecule has 30 heavy (non-hydrogen) atoms. The number of carbonyl (C=O) groups is 1. The predicted molar refractivity (Wildman–Crippen MR) is 120 cm³/mol. The van der Waals surface area contributed by atoms with Crippen molar-refractivity contribution in [2.75, 3.05) is 33.4 Å². The Morgan fingerprint density at radius 3 is 2.63 bits per heavy atom. The van der Waals surface area contributed by atoms with Gasteiger partial charge in [-0.15, -0.1) is 0 Å². The summed E-state index contributed by atoms with van der Waals surface area (Å²) in [6.45, 7) is 2.30. The van der Waals surface area contributed by atoms with Gasteiger partial charge in [0, 0.05) is 27.6 Å². The van der Waals surface area contributed by atoms with Crippen LogP contribution < -0.4 is 9.47 Å². The van der Waals surface area contributed by atoms with Crippen LogP contribution in [0.25, 0.3) is 6.08 Å². The second-order valence-electron chi connectivity index (χ2n) is 6.51. The molecule has 0 spiro atoms. The van der Waals surface area contributed by atoms with Crippen LogP contribution in [0.5, 0.6) is 11.5 Å². The fraction of sp³-hybridized carbons (Fsp3) is 0.273. The molecule has 0 radical (unpaired) electrons. The zero-order valence-electron chi connectivity index (χ0n) is 16.4. The van der Waals surface area contributed by atoms with E-state index in [2.05, 4.69) is 31.9 Å². The molecule has 156 valence electrons. The molecular formula is C22H20Br2N2O4. The van der Waals surface area contributed by atoms with Gasteiger partial charge in [-0.05, 0) is 35.9 Å². The van der Waals surface area contributed by atoms with Crippen molar-refractivity contribution >= 4 is 43.8 Å². The van der Waals surface area contributed by atoms with E-state index in [9.17, 15) is 10.1 Å². The molecule has 0 bridgehead atoms. The van der Waals surface area contributed by atoms with Crippen molar-refractivity contribution in [1.29, 1.82) is 5.26 Å². The van der Waals surface area contributed by atoms with Crippen molar-refractivity contribution in [1.82, 2.24) is 4.90 Å². The SMILES string of the molecule is COc1cc(/C=C(\C#N)C(=O)N2CCOCC2)ccc1OCc1ccc(Br)cc1Br. The molecule has 0 saturated carbocycles. The summed E-state index contributed by atoms with van der Waals surface area (Å²) in [5.74, 6) is 0.802. The average Bonchev–Trinajstić information content (AvgIpc) is 2.77. The highest BCUT2D eigenvalue weighted by Crippen LogP contribution is 2.31. The lowest BCUT2D eigenvalue weighted by Crippen LogP contribution is -2.41. The summed E-state index contributed by atoms with van der Waals surface area (Å²) in [5.41, 5.74) is 1.75. The van der Waals surface area contributed by atoms with Gasteiger partial charge < -0.3 is 19.1 Å². The van der Waals surface area contributed by atoms with Gasteiger partial charge in [-0.3, -0.25) is 4.79 Å². The monoisotopic (exact) mass is 534 g/mol. The molecular weight excluding hydrogens is 516 g/mol. The Bertz CT molecular complexity index is 995. The summed E-state index contributed by atoms with van der Waals surface area (Å²) in [4.78, 5) is 14.2. The Labute approximate surface area is 192 Å². The van der Waals surface area contributed by atoms with E-state index in [0.29, 0.717) is 50.0 Å². The fourth-order valence-corrected chi connectivity index (χ4v) is 4.09. The third kappa shape index (κ3) is 5.63. The fourth-order valence-electron chi connectivity index (χ4n) is 2.93. The lowest BCUT2D eigenvalue weighted by molar-refractivity contribution is -0.130. The number of ether oxygens (including phenoxy) is 3. The average molecular weight is 536 g/mol. The molecule has 1 aliphatic rings. The van der Waals surface area contributed by atoms with E-state index in [1.165, 1.54) is 0 Å². The van der Waals surface area contributed by atoms with E-state index < -0.39 is 0 Å². The second kappa shape index (κ2) is 10.6. The second-order valence-corrected chi connectivity index (χ2v) is 8.28. The molecule has 6 nitrogen and oxygen atoms in total. The van der Waals surface area contributed by atoms with E-state index in [-0.39, 0.29) is 11.5 Å². The highest BCUT2D eigenvalue weighted by Gasteiger charge is 2.20. The van der Waals surface area contributed by atoms with E-state index >= 15 is 0 Å². The quantitative estimate of drug-likeness (QED) is 0.400. The number of nitrogens with zero attached hydrogens (tertiary/aromatic N) is 2. The number of carbonyl (C=O) groups excluding carboxylic acids is 1. The van der Waals surface area contributed by atoms with Crippen LogP contribution in [0.15, 0.2) is 50.9 Å². The van der Waals surface area contributed by atoms with Crippen molar-refractivity contribution in [2.24, 2.45) is 0 Å². The van der Waals surface area contributed by atoms with Crippen LogP contribution >= 0.6 is 31.9 Å². The van der Waals surface area contributed by atoms with Crippen LogP contribution in [0, 0.1) is 11.3 Å². The topological polar surface area (TPSA) is 71.8 Å². The number of hydrogen-bond donors (Lipinski definition) is 0. The number of nitriles is 1. The van der Waals surface area contributed by atoms with Crippen molar-refractivity contribution in [3.63, 3.8) is 0 Å². The summed E-state index contributed by atoms with van der Waals surface area (Å²) < 4.78 is 18.5. The largest absolute Gasteiger partial charge is 0.493 e. The molecule has 1 amide bonds. The van der Waals surface area contributed by atoms with Gasteiger partial charge in [0.2, 0.25) is 0 Å². The highest BCUT2D eigenvalue weighted by molar-refractivity contribution is 9.11. The molecule has 0 unspecified atom stereocenters. The summed E-state index contributed by atoms with van der Waals surface area (Å²) in [5, 5.41) is 9.46. The van der Waals surface area contributed by atoms with Gasteiger partial charge >= 0.3 is 0 Å². The predicted octanol–water partition coefficient (Wildman–Crippen LogP) is 4.56. The van der Waals surface area contributed by atoms with Crippen molar-refractivity contribution in [3.05, 3.63) is 62.0 Å². The van der Waals surface area contributed by atoms with Crippen LogP contribution in [0.2, 0.25) is 0 Å². The number of rotatable bonds is 6. The molecule has 3 rings (SSSR count). The molecule has 2 aromatic rings. The number of benzene rings is 2. The van der Waals surface area contributed by atoms with E-state index in [4.69, 9.17) is 14.2 Å². The van der Waals surface area contributed by atoms with Gasteiger partial charge in [0.25, 0.3) is 5.91 Å². The first kappa shape index (κ1) is 22.3. The summed E-state index contributed by atoms with van der Waals surface area (Å²) in [6.07, 6.45) is 1.56. The molecule has 1 fully saturated rings. The Balaban J connectivity index is 1.76. The van der Waals surface area contributed by atoms with E-state index in [0.717, 1.165) is 14.5 Å². The minimum Gasteiger partial charge on any atom is -0.493 e. The maximum atomic E-state index is 12.6. The van der Waals surface area contributed by atoms with Crippen molar-refractivity contribution in [2.45, 2.75) is 6.61 Å². The first-order valence-electron chi connectivity index (χ1n) is 9.25. The Morgan fingerprint density at radius 2 is 1.97 bits per heavy atom.